The average Bonchev–Trinajstić information content (AvgIpc) is 3.22. The molecule has 0 bridgehead atoms. The number of rotatable bonds is 9. The van der Waals surface area contributed by atoms with Crippen LogP contribution in [0.5, 0.6) is 5.75 Å². The number of nitrogens with zero attached hydrogens (tertiary/aromatic N) is 2. The summed E-state index contributed by atoms with van der Waals surface area (Å²) < 4.78 is 51.8. The summed E-state index contributed by atoms with van der Waals surface area (Å²) in [5, 5.41) is 6.96. The minimum Gasteiger partial charge on any atom is -0.493 e. The summed E-state index contributed by atoms with van der Waals surface area (Å²) in [6.07, 6.45) is 3.89. The molecule has 3 rings (SSSR count). The second kappa shape index (κ2) is 10.3. The highest BCUT2D eigenvalue weighted by molar-refractivity contribution is 5.59. The smallest absolute Gasteiger partial charge is 0.419 e. The quantitative estimate of drug-likeness (QED) is 0.521. The minimum absolute atomic E-state index is 0.124. The van der Waals surface area contributed by atoms with Gasteiger partial charge in [0.05, 0.1) is 18.2 Å². The molecule has 8 heteroatoms. The van der Waals surface area contributed by atoms with Crippen molar-refractivity contribution in [2.24, 2.45) is 5.92 Å². The summed E-state index contributed by atoms with van der Waals surface area (Å²) in [5.74, 6) is 0.912. The SMILES string of the molecule is CCCC(NC)c1nc(-c2ccc(OCCC3CCCCC3)c(C(F)(F)F)c2)no1. The predicted octanol–water partition coefficient (Wildman–Crippen LogP) is 6.17. The second-order valence-corrected chi connectivity index (χ2v) is 7.94. The van der Waals surface area contributed by atoms with Gasteiger partial charge in [0, 0.05) is 5.56 Å². The van der Waals surface area contributed by atoms with E-state index in [0.29, 0.717) is 18.4 Å². The lowest BCUT2D eigenvalue weighted by atomic mass is 9.87. The van der Waals surface area contributed by atoms with Crippen LogP contribution in [0.1, 0.15) is 75.8 Å². The Morgan fingerprint density at radius 2 is 2.00 bits per heavy atom. The number of hydrogen-bond acceptors (Lipinski definition) is 5. The summed E-state index contributed by atoms with van der Waals surface area (Å²) in [6.45, 7) is 2.32. The summed E-state index contributed by atoms with van der Waals surface area (Å²) in [4.78, 5) is 4.30. The first-order chi connectivity index (χ1) is 14.4. The zero-order chi connectivity index (χ0) is 21.6. The molecule has 1 heterocycles. The van der Waals surface area contributed by atoms with Gasteiger partial charge in [0.2, 0.25) is 11.7 Å². The van der Waals surface area contributed by atoms with Gasteiger partial charge in [-0.05, 0) is 44.0 Å². The van der Waals surface area contributed by atoms with E-state index in [1.165, 1.54) is 25.3 Å². The molecule has 1 N–H and O–H groups in total. The molecular weight excluding hydrogens is 395 g/mol. The van der Waals surface area contributed by atoms with Gasteiger partial charge < -0.3 is 14.6 Å². The summed E-state index contributed by atoms with van der Waals surface area (Å²) >= 11 is 0. The molecule has 1 aromatic heterocycles. The van der Waals surface area contributed by atoms with Crippen LogP contribution in [-0.2, 0) is 6.18 Å². The molecule has 0 radical (unpaired) electrons. The Bertz CT molecular complexity index is 801. The number of alkyl halides is 3. The summed E-state index contributed by atoms with van der Waals surface area (Å²) in [5.41, 5.74) is -0.558. The van der Waals surface area contributed by atoms with Gasteiger partial charge in [-0.2, -0.15) is 18.2 Å². The molecule has 1 aliphatic rings. The predicted molar refractivity (Wildman–Crippen MR) is 108 cm³/mol. The molecule has 1 fully saturated rings. The lowest BCUT2D eigenvalue weighted by Gasteiger charge is -2.22. The van der Waals surface area contributed by atoms with Crippen molar-refractivity contribution in [1.82, 2.24) is 15.5 Å². The van der Waals surface area contributed by atoms with Crippen molar-refractivity contribution in [1.29, 1.82) is 0 Å². The monoisotopic (exact) mass is 425 g/mol. The first kappa shape index (κ1) is 22.6. The molecule has 0 aliphatic heterocycles. The number of benzene rings is 1. The van der Waals surface area contributed by atoms with Gasteiger partial charge in [0.1, 0.15) is 5.75 Å². The van der Waals surface area contributed by atoms with Gasteiger partial charge in [-0.15, -0.1) is 0 Å². The van der Waals surface area contributed by atoms with Crippen LogP contribution in [-0.4, -0.2) is 23.8 Å². The van der Waals surface area contributed by atoms with Crippen LogP contribution in [0, 0.1) is 5.92 Å². The van der Waals surface area contributed by atoms with E-state index in [9.17, 15) is 13.2 Å². The highest BCUT2D eigenvalue weighted by atomic mass is 19.4. The highest BCUT2D eigenvalue weighted by Crippen LogP contribution is 2.39. The van der Waals surface area contributed by atoms with E-state index >= 15 is 0 Å². The highest BCUT2D eigenvalue weighted by Gasteiger charge is 2.35. The van der Waals surface area contributed by atoms with Crippen LogP contribution in [0.4, 0.5) is 13.2 Å². The molecule has 0 amide bonds. The largest absolute Gasteiger partial charge is 0.493 e. The van der Waals surface area contributed by atoms with Gasteiger partial charge in [0.25, 0.3) is 0 Å². The molecule has 1 saturated carbocycles. The van der Waals surface area contributed by atoms with Crippen LogP contribution in [0.15, 0.2) is 22.7 Å². The standard InChI is InChI=1S/C22H30F3N3O2/c1-3-7-18(26-2)21-27-20(28-30-21)16-10-11-19(17(14-16)22(23,24)25)29-13-12-15-8-5-4-6-9-15/h10-11,14-15,18,26H,3-9,12-13H2,1-2H3. The summed E-state index contributed by atoms with van der Waals surface area (Å²) in [7, 11) is 1.78. The third-order valence-corrected chi connectivity index (χ3v) is 5.72. The normalized spacial score (nSPS) is 16.6. The molecule has 5 nitrogen and oxygen atoms in total. The van der Waals surface area contributed by atoms with E-state index in [1.54, 1.807) is 13.1 Å². The molecule has 0 saturated heterocycles. The fourth-order valence-electron chi connectivity index (χ4n) is 4.00. The first-order valence-corrected chi connectivity index (χ1v) is 10.8. The number of hydrogen-bond donors (Lipinski definition) is 1. The third-order valence-electron chi connectivity index (χ3n) is 5.72. The molecule has 166 valence electrons. The van der Waals surface area contributed by atoms with E-state index in [0.717, 1.165) is 38.2 Å². The Morgan fingerprint density at radius 1 is 1.23 bits per heavy atom. The lowest BCUT2D eigenvalue weighted by Crippen LogP contribution is -2.16. The van der Waals surface area contributed by atoms with Crippen LogP contribution in [0.3, 0.4) is 0 Å². The Hall–Kier alpha value is -2.09. The minimum atomic E-state index is -4.53. The molecule has 1 unspecified atom stereocenters. The van der Waals surface area contributed by atoms with E-state index in [4.69, 9.17) is 9.26 Å². The maximum atomic E-state index is 13.7. The van der Waals surface area contributed by atoms with E-state index < -0.39 is 11.7 Å². The van der Waals surface area contributed by atoms with Crippen LogP contribution in [0.2, 0.25) is 0 Å². The van der Waals surface area contributed by atoms with Gasteiger partial charge in [-0.1, -0.05) is 50.6 Å². The third kappa shape index (κ3) is 5.74. The van der Waals surface area contributed by atoms with E-state index in [2.05, 4.69) is 15.5 Å². The maximum absolute atomic E-state index is 13.7. The van der Waals surface area contributed by atoms with Crippen molar-refractivity contribution in [3.63, 3.8) is 0 Å². The molecule has 1 atom stereocenters. The fraction of sp³-hybridized carbons (Fsp3) is 0.636. The zero-order valence-corrected chi connectivity index (χ0v) is 17.6. The van der Waals surface area contributed by atoms with E-state index in [1.807, 2.05) is 6.92 Å². The van der Waals surface area contributed by atoms with Crippen molar-refractivity contribution >= 4 is 0 Å². The molecule has 2 aromatic rings. The maximum Gasteiger partial charge on any atom is 0.419 e. The van der Waals surface area contributed by atoms with Crippen LogP contribution >= 0.6 is 0 Å². The molecule has 1 aromatic carbocycles. The topological polar surface area (TPSA) is 60.2 Å². The van der Waals surface area contributed by atoms with Gasteiger partial charge in [0.15, 0.2) is 0 Å². The van der Waals surface area contributed by atoms with Gasteiger partial charge in [-0.25, -0.2) is 0 Å². The van der Waals surface area contributed by atoms with Crippen molar-refractivity contribution < 1.29 is 22.4 Å². The average molecular weight is 425 g/mol. The zero-order valence-electron chi connectivity index (χ0n) is 17.6. The van der Waals surface area contributed by atoms with Crippen LogP contribution in [0.25, 0.3) is 11.4 Å². The molecule has 1 aliphatic carbocycles. The number of nitrogens with one attached hydrogen (secondary N) is 1. The lowest BCUT2D eigenvalue weighted by molar-refractivity contribution is -0.138. The molecule has 0 spiro atoms. The van der Waals surface area contributed by atoms with Crippen molar-refractivity contribution in [3.8, 4) is 17.1 Å². The first-order valence-electron chi connectivity index (χ1n) is 10.8. The Labute approximate surface area is 175 Å². The Morgan fingerprint density at radius 3 is 2.67 bits per heavy atom. The van der Waals surface area contributed by atoms with Crippen molar-refractivity contribution in [2.75, 3.05) is 13.7 Å². The van der Waals surface area contributed by atoms with Crippen molar-refractivity contribution in [3.05, 3.63) is 29.7 Å². The second-order valence-electron chi connectivity index (χ2n) is 7.94. The summed E-state index contributed by atoms with van der Waals surface area (Å²) in [6, 6.07) is 3.82. The molecular formula is C22H30F3N3O2. The number of aromatic nitrogens is 2. The fourth-order valence-corrected chi connectivity index (χ4v) is 4.00. The van der Waals surface area contributed by atoms with Gasteiger partial charge in [-0.3, -0.25) is 0 Å². The Balaban J connectivity index is 1.75. The molecule has 30 heavy (non-hydrogen) atoms. The van der Waals surface area contributed by atoms with E-state index in [-0.39, 0.29) is 23.2 Å². The number of ether oxygens (including phenoxy) is 1. The van der Waals surface area contributed by atoms with Crippen LogP contribution < -0.4 is 10.1 Å². The Kier molecular flexibility index (Phi) is 7.75. The van der Waals surface area contributed by atoms with Crippen molar-refractivity contribution in [2.45, 2.75) is 70.5 Å². The number of halogens is 3. The van der Waals surface area contributed by atoms with Gasteiger partial charge >= 0.3 is 6.18 Å².